The fourth-order valence-corrected chi connectivity index (χ4v) is 2.99. The van der Waals surface area contributed by atoms with E-state index in [-0.39, 0.29) is 5.91 Å². The zero-order valence-electron chi connectivity index (χ0n) is 13.2. The summed E-state index contributed by atoms with van der Waals surface area (Å²) >= 11 is 0. The minimum absolute atomic E-state index is 0.0828. The van der Waals surface area contributed by atoms with E-state index < -0.39 is 0 Å². The first-order valence-corrected chi connectivity index (χ1v) is 7.70. The molecule has 1 amide bonds. The normalized spacial score (nSPS) is 14.5. The molecule has 0 radical (unpaired) electrons. The number of amides is 1. The standard InChI is InChI=1S/C20H16N2O2/c1-24-15-9-7-13(8-10-15)16-5-2-6-18-19(16)17(20(23)22-18)12-14-4-3-11-21-14/h2-12,21H,1H3,(H,22,23)/b17-12-. The molecule has 0 bridgehead atoms. The van der Waals surface area contributed by atoms with Crippen molar-refractivity contribution >= 4 is 23.2 Å². The summed E-state index contributed by atoms with van der Waals surface area (Å²) in [7, 11) is 1.65. The Balaban J connectivity index is 1.87. The molecule has 1 aromatic heterocycles. The molecule has 24 heavy (non-hydrogen) atoms. The predicted molar refractivity (Wildman–Crippen MR) is 95.7 cm³/mol. The molecule has 0 saturated carbocycles. The van der Waals surface area contributed by atoms with E-state index in [1.165, 1.54) is 0 Å². The van der Waals surface area contributed by atoms with Gasteiger partial charge in [-0.15, -0.1) is 0 Å². The van der Waals surface area contributed by atoms with Crippen LogP contribution in [0.15, 0.2) is 60.8 Å². The lowest BCUT2D eigenvalue weighted by molar-refractivity contribution is -0.110. The molecular weight excluding hydrogens is 300 g/mol. The Bertz CT molecular complexity index is 923. The van der Waals surface area contributed by atoms with Crippen LogP contribution in [0, 0.1) is 0 Å². The van der Waals surface area contributed by atoms with Gasteiger partial charge in [-0.05, 0) is 47.5 Å². The number of methoxy groups -OCH3 is 1. The smallest absolute Gasteiger partial charge is 0.256 e. The number of fused-ring (bicyclic) bond motifs is 1. The van der Waals surface area contributed by atoms with Crippen molar-refractivity contribution in [2.24, 2.45) is 0 Å². The summed E-state index contributed by atoms with van der Waals surface area (Å²) < 4.78 is 5.22. The third-order valence-electron chi connectivity index (χ3n) is 4.15. The van der Waals surface area contributed by atoms with Crippen molar-refractivity contribution in [3.8, 4) is 16.9 Å². The minimum atomic E-state index is -0.0828. The molecule has 0 aliphatic carbocycles. The highest BCUT2D eigenvalue weighted by molar-refractivity contribution is 6.36. The largest absolute Gasteiger partial charge is 0.497 e. The molecule has 4 nitrogen and oxygen atoms in total. The van der Waals surface area contributed by atoms with E-state index in [1.807, 2.05) is 66.9 Å². The summed E-state index contributed by atoms with van der Waals surface area (Å²) in [6.45, 7) is 0. The first kappa shape index (κ1) is 14.3. The second-order valence-corrected chi connectivity index (χ2v) is 5.59. The molecule has 0 atom stereocenters. The van der Waals surface area contributed by atoms with Gasteiger partial charge in [0.05, 0.1) is 12.7 Å². The minimum Gasteiger partial charge on any atom is -0.497 e. The molecule has 0 unspecified atom stereocenters. The van der Waals surface area contributed by atoms with Crippen LogP contribution >= 0.6 is 0 Å². The number of hydrogen-bond donors (Lipinski definition) is 2. The van der Waals surface area contributed by atoms with Crippen molar-refractivity contribution in [3.05, 3.63) is 72.1 Å². The molecule has 1 aliphatic heterocycles. The van der Waals surface area contributed by atoms with Gasteiger partial charge in [0.25, 0.3) is 5.91 Å². The van der Waals surface area contributed by atoms with Gasteiger partial charge in [-0.2, -0.15) is 0 Å². The van der Waals surface area contributed by atoms with Crippen LogP contribution < -0.4 is 10.1 Å². The van der Waals surface area contributed by atoms with Crippen molar-refractivity contribution in [1.29, 1.82) is 0 Å². The van der Waals surface area contributed by atoms with Gasteiger partial charge in [0.1, 0.15) is 5.75 Å². The lowest BCUT2D eigenvalue weighted by atomic mass is 9.94. The van der Waals surface area contributed by atoms with Crippen molar-refractivity contribution < 1.29 is 9.53 Å². The van der Waals surface area contributed by atoms with Crippen molar-refractivity contribution in [2.75, 3.05) is 12.4 Å². The van der Waals surface area contributed by atoms with E-state index in [1.54, 1.807) is 7.11 Å². The van der Waals surface area contributed by atoms with E-state index >= 15 is 0 Å². The van der Waals surface area contributed by atoms with Gasteiger partial charge in [0.2, 0.25) is 0 Å². The van der Waals surface area contributed by atoms with Gasteiger partial charge in [-0.1, -0.05) is 24.3 Å². The van der Waals surface area contributed by atoms with Crippen molar-refractivity contribution in [1.82, 2.24) is 4.98 Å². The Hall–Kier alpha value is -3.27. The monoisotopic (exact) mass is 316 g/mol. The van der Waals surface area contributed by atoms with Crippen LogP contribution in [0.2, 0.25) is 0 Å². The average molecular weight is 316 g/mol. The first-order valence-electron chi connectivity index (χ1n) is 7.70. The summed E-state index contributed by atoms with van der Waals surface area (Å²) in [5.41, 5.74) is 5.40. The summed E-state index contributed by atoms with van der Waals surface area (Å²) in [6.07, 6.45) is 3.73. The predicted octanol–water partition coefficient (Wildman–Crippen LogP) is 4.18. The van der Waals surface area contributed by atoms with Gasteiger partial charge < -0.3 is 15.0 Å². The van der Waals surface area contributed by atoms with Crippen molar-refractivity contribution in [2.45, 2.75) is 0 Å². The van der Waals surface area contributed by atoms with E-state index in [0.29, 0.717) is 5.57 Å². The SMILES string of the molecule is COc1ccc(-c2cccc3c2/C(=C/c2ccc[nH]2)C(=O)N3)cc1. The molecule has 2 aromatic carbocycles. The van der Waals surface area contributed by atoms with Crippen LogP contribution in [0.4, 0.5) is 5.69 Å². The average Bonchev–Trinajstić information content (AvgIpc) is 3.23. The number of rotatable bonds is 3. The quantitative estimate of drug-likeness (QED) is 0.712. The van der Waals surface area contributed by atoms with E-state index in [9.17, 15) is 4.79 Å². The maximum atomic E-state index is 12.4. The maximum absolute atomic E-state index is 12.4. The molecule has 4 rings (SSSR count). The Kier molecular flexibility index (Phi) is 3.43. The van der Waals surface area contributed by atoms with Crippen molar-refractivity contribution in [3.63, 3.8) is 0 Å². The third kappa shape index (κ3) is 2.38. The van der Waals surface area contributed by atoms with Gasteiger partial charge >= 0.3 is 0 Å². The number of carbonyl (C=O) groups is 1. The highest BCUT2D eigenvalue weighted by atomic mass is 16.5. The number of aromatic nitrogens is 1. The van der Waals surface area contributed by atoms with E-state index in [4.69, 9.17) is 4.74 Å². The van der Waals surface area contributed by atoms with Crippen LogP contribution in [-0.2, 0) is 4.79 Å². The molecule has 2 N–H and O–H groups in total. The Morgan fingerprint density at radius 2 is 1.83 bits per heavy atom. The molecule has 118 valence electrons. The number of benzene rings is 2. The van der Waals surface area contributed by atoms with Gasteiger partial charge in [-0.25, -0.2) is 0 Å². The lowest BCUT2D eigenvalue weighted by Crippen LogP contribution is -2.03. The Morgan fingerprint density at radius 3 is 2.54 bits per heavy atom. The number of aromatic amines is 1. The molecule has 3 aromatic rings. The summed E-state index contributed by atoms with van der Waals surface area (Å²) in [5.74, 6) is 0.725. The zero-order valence-corrected chi connectivity index (χ0v) is 13.2. The number of carbonyl (C=O) groups excluding carboxylic acids is 1. The number of hydrogen-bond acceptors (Lipinski definition) is 2. The Labute approximate surface area is 139 Å². The van der Waals surface area contributed by atoms with Crippen LogP contribution in [-0.4, -0.2) is 18.0 Å². The van der Waals surface area contributed by atoms with Crippen LogP contribution in [0.3, 0.4) is 0 Å². The first-order chi connectivity index (χ1) is 11.8. The third-order valence-corrected chi connectivity index (χ3v) is 4.15. The van der Waals surface area contributed by atoms with Gasteiger partial charge in [0, 0.05) is 23.1 Å². The highest BCUT2D eigenvalue weighted by Gasteiger charge is 2.27. The fourth-order valence-electron chi connectivity index (χ4n) is 2.99. The maximum Gasteiger partial charge on any atom is 0.256 e. The number of anilines is 1. The summed E-state index contributed by atoms with van der Waals surface area (Å²) in [5, 5.41) is 2.95. The number of nitrogens with one attached hydrogen (secondary N) is 2. The highest BCUT2D eigenvalue weighted by Crippen LogP contribution is 2.40. The molecule has 0 fully saturated rings. The zero-order chi connectivity index (χ0) is 16.5. The van der Waals surface area contributed by atoms with Crippen LogP contribution in [0.1, 0.15) is 11.3 Å². The molecule has 4 heteroatoms. The van der Waals surface area contributed by atoms with E-state index in [0.717, 1.165) is 33.8 Å². The summed E-state index contributed by atoms with van der Waals surface area (Å²) in [6, 6.07) is 17.6. The molecular formula is C20H16N2O2. The topological polar surface area (TPSA) is 54.1 Å². The molecule has 1 aliphatic rings. The Morgan fingerprint density at radius 1 is 1.00 bits per heavy atom. The second kappa shape index (κ2) is 5.74. The van der Waals surface area contributed by atoms with Crippen LogP contribution in [0.5, 0.6) is 5.75 Å². The molecule has 0 spiro atoms. The summed E-state index contributed by atoms with van der Waals surface area (Å²) in [4.78, 5) is 15.5. The van der Waals surface area contributed by atoms with Crippen LogP contribution in [0.25, 0.3) is 22.8 Å². The number of ether oxygens (including phenoxy) is 1. The fraction of sp³-hybridized carbons (Fsp3) is 0.0500. The molecule has 0 saturated heterocycles. The van der Waals surface area contributed by atoms with Gasteiger partial charge in [0.15, 0.2) is 0 Å². The lowest BCUT2D eigenvalue weighted by Gasteiger charge is -2.09. The van der Waals surface area contributed by atoms with Gasteiger partial charge in [-0.3, -0.25) is 4.79 Å². The molecule has 2 heterocycles. The number of H-pyrrole nitrogens is 1. The second-order valence-electron chi connectivity index (χ2n) is 5.59. The van der Waals surface area contributed by atoms with E-state index in [2.05, 4.69) is 10.3 Å².